The van der Waals surface area contributed by atoms with Crippen molar-refractivity contribution in [3.63, 3.8) is 0 Å². The number of anilines is 1. The lowest BCUT2D eigenvalue weighted by Gasteiger charge is -2.08. The summed E-state index contributed by atoms with van der Waals surface area (Å²) in [5.74, 6) is -0.152. The maximum atomic E-state index is 12.7. The molecule has 0 saturated heterocycles. The van der Waals surface area contributed by atoms with Gasteiger partial charge in [-0.05, 0) is 55.7 Å². The highest BCUT2D eigenvalue weighted by Crippen LogP contribution is 2.14. The van der Waals surface area contributed by atoms with Gasteiger partial charge in [-0.1, -0.05) is 36.4 Å². The highest BCUT2D eigenvalue weighted by Gasteiger charge is 2.10. The van der Waals surface area contributed by atoms with Gasteiger partial charge in [0.05, 0.1) is 30.7 Å². The highest BCUT2D eigenvalue weighted by molar-refractivity contribution is 6.04. The Labute approximate surface area is 176 Å². The molecule has 0 unspecified atom stereocenters. The lowest BCUT2D eigenvalue weighted by atomic mass is 10.1. The molecule has 0 aliphatic carbocycles. The van der Waals surface area contributed by atoms with Crippen LogP contribution in [-0.4, -0.2) is 25.5 Å². The monoisotopic (exact) mass is 399 g/mol. The fourth-order valence-corrected chi connectivity index (χ4v) is 3.50. The molecule has 30 heavy (non-hydrogen) atoms. The van der Waals surface area contributed by atoms with Crippen molar-refractivity contribution < 1.29 is 4.79 Å². The van der Waals surface area contributed by atoms with E-state index in [2.05, 4.69) is 34.6 Å². The van der Waals surface area contributed by atoms with Crippen LogP contribution in [0.3, 0.4) is 0 Å². The third-order valence-corrected chi connectivity index (χ3v) is 5.11. The van der Waals surface area contributed by atoms with Crippen molar-refractivity contribution in [1.29, 1.82) is 0 Å². The van der Waals surface area contributed by atoms with Gasteiger partial charge in [0.1, 0.15) is 0 Å². The Kier molecular flexibility index (Phi) is 5.48. The summed E-state index contributed by atoms with van der Waals surface area (Å²) >= 11 is 0. The summed E-state index contributed by atoms with van der Waals surface area (Å²) in [6, 6.07) is 17.9. The van der Waals surface area contributed by atoms with Gasteiger partial charge in [0.2, 0.25) is 0 Å². The van der Waals surface area contributed by atoms with E-state index >= 15 is 0 Å². The molecule has 4 aromatic rings. The van der Waals surface area contributed by atoms with E-state index in [9.17, 15) is 4.79 Å². The number of aryl methyl sites for hydroxylation is 3. The van der Waals surface area contributed by atoms with Crippen LogP contribution in [0.5, 0.6) is 0 Å². The van der Waals surface area contributed by atoms with Crippen molar-refractivity contribution >= 4 is 11.6 Å². The zero-order valence-corrected chi connectivity index (χ0v) is 17.5. The minimum atomic E-state index is -0.152. The van der Waals surface area contributed by atoms with E-state index in [1.807, 2.05) is 71.9 Å². The number of carbonyl (C=O) groups is 1. The Morgan fingerprint density at radius 1 is 1.00 bits per heavy atom. The average Bonchev–Trinajstić information content (AvgIpc) is 3.29. The molecule has 152 valence electrons. The molecule has 0 atom stereocenters. The summed E-state index contributed by atoms with van der Waals surface area (Å²) in [6.07, 6.45) is 3.53. The predicted molar refractivity (Wildman–Crippen MR) is 118 cm³/mol. The van der Waals surface area contributed by atoms with E-state index in [1.54, 1.807) is 6.20 Å². The van der Waals surface area contributed by atoms with Gasteiger partial charge in [-0.2, -0.15) is 10.2 Å². The van der Waals surface area contributed by atoms with E-state index in [0.29, 0.717) is 24.3 Å². The van der Waals surface area contributed by atoms with Crippen LogP contribution in [0.2, 0.25) is 0 Å². The minimum absolute atomic E-state index is 0.152. The molecular formula is C24H25N5O. The van der Waals surface area contributed by atoms with E-state index in [0.717, 1.165) is 17.0 Å². The Morgan fingerprint density at radius 2 is 1.83 bits per heavy atom. The van der Waals surface area contributed by atoms with E-state index < -0.39 is 0 Å². The number of hydrogen-bond acceptors (Lipinski definition) is 3. The highest BCUT2D eigenvalue weighted by atomic mass is 16.1. The van der Waals surface area contributed by atoms with Crippen molar-refractivity contribution in [1.82, 2.24) is 19.6 Å². The maximum Gasteiger partial charge on any atom is 0.255 e. The SMILES string of the molecule is Cc1cc(C)n(Cc2cccc(C(=O)Nc3cnn(Cc4ccccc4C)c3)c2)n1. The standard InChI is InChI=1S/C24H25N5O/c1-17-7-4-5-9-22(17)15-28-16-23(13-25-28)26-24(30)21-10-6-8-20(12-21)14-29-19(3)11-18(2)27-29/h4-13,16H,14-15H2,1-3H3,(H,26,30). The third kappa shape index (κ3) is 4.49. The minimum Gasteiger partial charge on any atom is -0.319 e. The quantitative estimate of drug-likeness (QED) is 0.524. The van der Waals surface area contributed by atoms with Gasteiger partial charge in [0.25, 0.3) is 5.91 Å². The van der Waals surface area contributed by atoms with Crippen LogP contribution in [0, 0.1) is 20.8 Å². The van der Waals surface area contributed by atoms with Crippen LogP contribution in [-0.2, 0) is 13.1 Å². The lowest BCUT2D eigenvalue weighted by molar-refractivity contribution is 0.102. The second-order valence-electron chi connectivity index (χ2n) is 7.59. The molecule has 0 fully saturated rings. The number of benzene rings is 2. The predicted octanol–water partition coefficient (Wildman–Crippen LogP) is 4.35. The number of aromatic nitrogens is 4. The molecule has 2 aromatic carbocycles. The molecule has 2 aromatic heterocycles. The first-order valence-electron chi connectivity index (χ1n) is 9.96. The lowest BCUT2D eigenvalue weighted by Crippen LogP contribution is -2.12. The number of hydrogen-bond donors (Lipinski definition) is 1. The summed E-state index contributed by atoms with van der Waals surface area (Å²) < 4.78 is 3.78. The summed E-state index contributed by atoms with van der Waals surface area (Å²) in [5.41, 5.74) is 6.84. The Hall–Kier alpha value is -3.67. The van der Waals surface area contributed by atoms with Crippen molar-refractivity contribution in [2.24, 2.45) is 0 Å². The average molecular weight is 399 g/mol. The van der Waals surface area contributed by atoms with Crippen LogP contribution in [0.15, 0.2) is 67.0 Å². The van der Waals surface area contributed by atoms with Crippen LogP contribution >= 0.6 is 0 Å². The second kappa shape index (κ2) is 8.37. The van der Waals surface area contributed by atoms with Crippen LogP contribution < -0.4 is 5.32 Å². The zero-order valence-electron chi connectivity index (χ0n) is 17.5. The Bertz CT molecular complexity index is 1190. The van der Waals surface area contributed by atoms with Gasteiger partial charge in [0.15, 0.2) is 0 Å². The van der Waals surface area contributed by atoms with Crippen molar-refractivity contribution in [2.75, 3.05) is 5.32 Å². The molecule has 0 bridgehead atoms. The molecule has 2 heterocycles. The van der Waals surface area contributed by atoms with Gasteiger partial charge in [-0.15, -0.1) is 0 Å². The van der Waals surface area contributed by atoms with E-state index in [4.69, 9.17) is 0 Å². The summed E-state index contributed by atoms with van der Waals surface area (Å²) in [5, 5.41) is 11.8. The van der Waals surface area contributed by atoms with Gasteiger partial charge in [-0.3, -0.25) is 14.2 Å². The zero-order chi connectivity index (χ0) is 21.1. The largest absolute Gasteiger partial charge is 0.319 e. The normalized spacial score (nSPS) is 10.9. The molecule has 0 saturated carbocycles. The number of carbonyl (C=O) groups excluding carboxylic acids is 1. The Morgan fingerprint density at radius 3 is 2.60 bits per heavy atom. The molecule has 0 radical (unpaired) electrons. The first kappa shape index (κ1) is 19.6. The molecule has 0 spiro atoms. The van der Waals surface area contributed by atoms with Crippen molar-refractivity contribution in [2.45, 2.75) is 33.9 Å². The second-order valence-corrected chi connectivity index (χ2v) is 7.59. The Balaban J connectivity index is 1.44. The van der Waals surface area contributed by atoms with Crippen molar-refractivity contribution in [3.8, 4) is 0 Å². The molecule has 1 amide bonds. The third-order valence-electron chi connectivity index (χ3n) is 5.11. The smallest absolute Gasteiger partial charge is 0.255 e. The fraction of sp³-hybridized carbons (Fsp3) is 0.208. The first-order chi connectivity index (χ1) is 14.5. The summed E-state index contributed by atoms with van der Waals surface area (Å²) in [7, 11) is 0. The molecular weight excluding hydrogens is 374 g/mol. The van der Waals surface area contributed by atoms with Gasteiger partial charge >= 0.3 is 0 Å². The van der Waals surface area contributed by atoms with E-state index in [1.165, 1.54) is 11.1 Å². The molecule has 4 rings (SSSR count). The molecule has 6 nitrogen and oxygen atoms in total. The summed E-state index contributed by atoms with van der Waals surface area (Å²) in [6.45, 7) is 7.40. The molecule has 0 aliphatic heterocycles. The topological polar surface area (TPSA) is 64.7 Å². The molecule has 1 N–H and O–H groups in total. The maximum absolute atomic E-state index is 12.7. The molecule has 6 heteroatoms. The van der Waals surface area contributed by atoms with Gasteiger partial charge in [0, 0.05) is 17.5 Å². The van der Waals surface area contributed by atoms with Gasteiger partial charge < -0.3 is 5.32 Å². The van der Waals surface area contributed by atoms with Crippen LogP contribution in [0.1, 0.15) is 38.4 Å². The first-order valence-corrected chi connectivity index (χ1v) is 9.96. The van der Waals surface area contributed by atoms with E-state index in [-0.39, 0.29) is 5.91 Å². The summed E-state index contributed by atoms with van der Waals surface area (Å²) in [4.78, 5) is 12.7. The number of nitrogens with one attached hydrogen (secondary N) is 1. The number of rotatable bonds is 6. The van der Waals surface area contributed by atoms with Gasteiger partial charge in [-0.25, -0.2) is 0 Å². The van der Waals surface area contributed by atoms with Crippen LogP contribution in [0.25, 0.3) is 0 Å². The van der Waals surface area contributed by atoms with Crippen LogP contribution in [0.4, 0.5) is 5.69 Å². The molecule has 0 aliphatic rings. The van der Waals surface area contributed by atoms with Crippen molar-refractivity contribution in [3.05, 3.63) is 101 Å². The number of nitrogens with zero attached hydrogens (tertiary/aromatic N) is 4. The fourth-order valence-electron chi connectivity index (χ4n) is 3.50. The number of amides is 1.